The third kappa shape index (κ3) is 5.74. The quantitative estimate of drug-likeness (QED) is 0.578. The summed E-state index contributed by atoms with van der Waals surface area (Å²) in [6, 6.07) is 0.832. The van der Waals surface area contributed by atoms with Crippen molar-refractivity contribution in [2.75, 3.05) is 0 Å². The van der Waals surface area contributed by atoms with E-state index in [2.05, 4.69) is 17.1 Å². The van der Waals surface area contributed by atoms with Crippen LogP contribution in [0.3, 0.4) is 0 Å². The molecule has 0 aliphatic heterocycles. The van der Waals surface area contributed by atoms with Crippen LogP contribution < -0.4 is 5.32 Å². The smallest absolute Gasteiger partial charge is 0.0539 e. The SMILES string of the molecule is C1CCC(CC(NC2CCCCC2)SC2CCCCC2)CC1. The fraction of sp³-hybridized carbons (Fsp3) is 1.00. The lowest BCUT2D eigenvalue weighted by molar-refractivity contribution is 0.300. The van der Waals surface area contributed by atoms with Crippen LogP contribution in [-0.4, -0.2) is 16.7 Å². The van der Waals surface area contributed by atoms with E-state index in [1.807, 2.05) is 0 Å². The van der Waals surface area contributed by atoms with Crippen molar-refractivity contribution in [3.63, 3.8) is 0 Å². The van der Waals surface area contributed by atoms with Crippen molar-refractivity contribution in [1.29, 1.82) is 0 Å². The van der Waals surface area contributed by atoms with Crippen LogP contribution in [-0.2, 0) is 0 Å². The van der Waals surface area contributed by atoms with E-state index < -0.39 is 0 Å². The van der Waals surface area contributed by atoms with E-state index in [9.17, 15) is 0 Å². The molecule has 0 aromatic carbocycles. The normalized spacial score (nSPS) is 27.8. The zero-order chi connectivity index (χ0) is 15.0. The zero-order valence-electron chi connectivity index (χ0n) is 14.5. The first-order valence-electron chi connectivity index (χ1n) is 10.3. The molecule has 0 bridgehead atoms. The Morgan fingerprint density at radius 1 is 0.682 bits per heavy atom. The Bertz CT molecular complexity index is 241. The van der Waals surface area contributed by atoms with Gasteiger partial charge in [0.2, 0.25) is 0 Å². The van der Waals surface area contributed by atoms with Gasteiger partial charge in [-0.25, -0.2) is 0 Å². The van der Waals surface area contributed by atoms with Crippen LogP contribution in [0.2, 0.25) is 0 Å². The zero-order valence-corrected chi connectivity index (χ0v) is 15.3. The molecule has 0 heterocycles. The van der Waals surface area contributed by atoms with Gasteiger partial charge in [0, 0.05) is 11.3 Å². The third-order valence-electron chi connectivity index (χ3n) is 6.21. The third-order valence-corrected chi connectivity index (χ3v) is 7.72. The molecule has 0 aromatic heterocycles. The molecule has 1 N–H and O–H groups in total. The second-order valence-electron chi connectivity index (χ2n) is 8.13. The van der Waals surface area contributed by atoms with Crippen LogP contribution >= 0.6 is 11.8 Å². The minimum Gasteiger partial charge on any atom is -0.303 e. The van der Waals surface area contributed by atoms with Crippen LogP contribution in [0, 0.1) is 5.92 Å². The Labute approximate surface area is 142 Å². The molecule has 0 aromatic rings. The summed E-state index contributed by atoms with van der Waals surface area (Å²) < 4.78 is 0. The van der Waals surface area contributed by atoms with Gasteiger partial charge in [-0.2, -0.15) is 0 Å². The van der Waals surface area contributed by atoms with Crippen LogP contribution in [0.15, 0.2) is 0 Å². The first-order chi connectivity index (χ1) is 10.9. The first-order valence-corrected chi connectivity index (χ1v) is 11.3. The minimum atomic E-state index is 0.759. The van der Waals surface area contributed by atoms with Crippen LogP contribution in [0.1, 0.15) is 103 Å². The topological polar surface area (TPSA) is 12.0 Å². The number of hydrogen-bond acceptors (Lipinski definition) is 2. The molecule has 3 fully saturated rings. The number of thioether (sulfide) groups is 1. The predicted octanol–water partition coefficient (Wildman–Crippen LogP) is 6.27. The molecule has 1 unspecified atom stereocenters. The maximum Gasteiger partial charge on any atom is 0.0539 e. The largest absolute Gasteiger partial charge is 0.303 e. The summed E-state index contributed by atoms with van der Waals surface area (Å²) in [5, 5.41) is 5.83. The molecule has 0 saturated heterocycles. The molecule has 3 saturated carbocycles. The summed E-state index contributed by atoms with van der Waals surface area (Å²) in [7, 11) is 0. The highest BCUT2D eigenvalue weighted by Crippen LogP contribution is 2.36. The van der Waals surface area contributed by atoms with Crippen LogP contribution in [0.5, 0.6) is 0 Å². The van der Waals surface area contributed by atoms with Crippen molar-refractivity contribution >= 4 is 11.8 Å². The lowest BCUT2D eigenvalue weighted by atomic mass is 9.86. The summed E-state index contributed by atoms with van der Waals surface area (Å²) >= 11 is 2.34. The summed E-state index contributed by atoms with van der Waals surface area (Å²) in [4.78, 5) is 0. The summed E-state index contributed by atoms with van der Waals surface area (Å²) in [5.74, 6) is 1.02. The lowest BCUT2D eigenvalue weighted by Crippen LogP contribution is -2.40. The van der Waals surface area contributed by atoms with E-state index in [1.165, 1.54) is 103 Å². The molecular formula is C20H37NS. The number of hydrogen-bond donors (Lipinski definition) is 1. The van der Waals surface area contributed by atoms with E-state index in [-0.39, 0.29) is 0 Å². The standard InChI is InChI=1S/C20H37NS/c1-4-10-17(11-5-1)16-20(21-18-12-6-2-7-13-18)22-19-14-8-3-9-15-19/h17-21H,1-16H2. The Morgan fingerprint density at radius 2 is 1.23 bits per heavy atom. The van der Waals surface area contributed by atoms with Crippen molar-refractivity contribution in [3.8, 4) is 0 Å². The molecule has 3 aliphatic carbocycles. The Kier molecular flexibility index (Phi) is 7.46. The predicted molar refractivity (Wildman–Crippen MR) is 99.5 cm³/mol. The fourth-order valence-corrected chi connectivity index (χ4v) is 6.58. The first kappa shape index (κ1) is 17.1. The van der Waals surface area contributed by atoms with Crippen LogP contribution in [0.4, 0.5) is 0 Å². The van der Waals surface area contributed by atoms with Gasteiger partial charge in [0.1, 0.15) is 0 Å². The maximum absolute atomic E-state index is 4.11. The fourth-order valence-electron chi connectivity index (χ4n) is 4.85. The van der Waals surface area contributed by atoms with Gasteiger partial charge in [-0.3, -0.25) is 0 Å². The molecule has 1 atom stereocenters. The molecule has 0 spiro atoms. The molecule has 0 radical (unpaired) electrons. The van der Waals surface area contributed by atoms with E-state index in [4.69, 9.17) is 0 Å². The highest BCUT2D eigenvalue weighted by atomic mass is 32.2. The Balaban J connectivity index is 1.50. The summed E-state index contributed by atoms with van der Waals surface area (Å²) in [6.45, 7) is 0. The average molecular weight is 324 g/mol. The second-order valence-corrected chi connectivity index (χ2v) is 9.63. The summed E-state index contributed by atoms with van der Waals surface area (Å²) in [5.41, 5.74) is 0. The Hall–Kier alpha value is 0.310. The molecule has 3 rings (SSSR count). The number of nitrogens with one attached hydrogen (secondary N) is 1. The molecule has 22 heavy (non-hydrogen) atoms. The molecule has 128 valence electrons. The lowest BCUT2D eigenvalue weighted by Gasteiger charge is -2.34. The van der Waals surface area contributed by atoms with Gasteiger partial charge >= 0.3 is 0 Å². The molecule has 0 amide bonds. The molecule has 2 heteroatoms. The van der Waals surface area contributed by atoms with E-state index in [0.717, 1.165) is 22.6 Å². The Morgan fingerprint density at radius 3 is 1.86 bits per heavy atom. The highest BCUT2D eigenvalue weighted by Gasteiger charge is 2.26. The van der Waals surface area contributed by atoms with Gasteiger partial charge in [0.05, 0.1) is 5.37 Å². The minimum absolute atomic E-state index is 0.759. The van der Waals surface area contributed by atoms with E-state index in [0.29, 0.717) is 0 Å². The van der Waals surface area contributed by atoms with Gasteiger partial charge < -0.3 is 5.32 Å². The van der Waals surface area contributed by atoms with E-state index in [1.54, 1.807) is 0 Å². The molecule has 3 aliphatic rings. The highest BCUT2D eigenvalue weighted by molar-refractivity contribution is 8.00. The van der Waals surface area contributed by atoms with E-state index >= 15 is 0 Å². The van der Waals surface area contributed by atoms with Crippen molar-refractivity contribution in [1.82, 2.24) is 5.32 Å². The van der Waals surface area contributed by atoms with Gasteiger partial charge in [-0.1, -0.05) is 70.6 Å². The monoisotopic (exact) mass is 323 g/mol. The molecule has 1 nitrogen and oxygen atoms in total. The summed E-state index contributed by atoms with van der Waals surface area (Å²) in [6.07, 6.45) is 23.6. The van der Waals surface area contributed by atoms with Gasteiger partial charge in [0.15, 0.2) is 0 Å². The average Bonchev–Trinajstić information content (AvgIpc) is 2.57. The maximum atomic E-state index is 4.11. The van der Waals surface area contributed by atoms with Crippen molar-refractivity contribution in [2.45, 2.75) is 119 Å². The van der Waals surface area contributed by atoms with Crippen LogP contribution in [0.25, 0.3) is 0 Å². The van der Waals surface area contributed by atoms with Gasteiger partial charge in [-0.15, -0.1) is 11.8 Å². The van der Waals surface area contributed by atoms with Gasteiger partial charge in [0.25, 0.3) is 0 Å². The van der Waals surface area contributed by atoms with Gasteiger partial charge in [-0.05, 0) is 38.0 Å². The van der Waals surface area contributed by atoms with Crippen molar-refractivity contribution in [2.24, 2.45) is 5.92 Å². The van der Waals surface area contributed by atoms with Crippen molar-refractivity contribution in [3.05, 3.63) is 0 Å². The number of rotatable bonds is 6. The van der Waals surface area contributed by atoms with Crippen molar-refractivity contribution < 1.29 is 0 Å². The second kappa shape index (κ2) is 9.57. The molecular weight excluding hydrogens is 286 g/mol.